The van der Waals surface area contributed by atoms with Crippen LogP contribution in [-0.2, 0) is 37.9 Å². The van der Waals surface area contributed by atoms with E-state index in [0.29, 0.717) is 7.28 Å². The first-order chi connectivity index (χ1) is 35.6. The molecule has 0 amide bonds. The normalized spacial score (nSPS) is 18.4. The minimum Gasteiger partial charge on any atom is -0.469 e. The van der Waals surface area contributed by atoms with Crippen LogP contribution in [0.2, 0.25) is 0 Å². The minimum absolute atomic E-state index is 0.0121. The lowest BCUT2D eigenvalue weighted by Crippen LogP contribution is -2.36. The standard InChI is InChI=1S/C71H75BN2O2/c1-65(2,3)38-21-24-40(25-22-38)73-53-36-48-42(43-33-49-51(35-47(43)71(48,15)16)69(11,12)29-27-67(49,7)8)32-44(53)57-58-41-19-17-18-20-55(41)75-63(58)59-45-34-50-52(70(13,14)30-28-68(50,9)10)37-54(45)74-61-46-31-39(66(4,5)6)23-26-56(46)76-64(61)72-60(57)62(59)74/h17-26,31-37,72-73H,27-30H2,1-16H3. The van der Waals surface area contributed by atoms with Crippen molar-refractivity contribution in [3.8, 4) is 27.9 Å². The van der Waals surface area contributed by atoms with E-state index >= 15 is 0 Å². The summed E-state index contributed by atoms with van der Waals surface area (Å²) in [4.78, 5) is 0. The summed E-state index contributed by atoms with van der Waals surface area (Å²) in [6, 6.07) is 40.4. The molecule has 3 aliphatic carbocycles. The number of nitrogens with one attached hydrogen (secondary N) is 1. The van der Waals surface area contributed by atoms with Crippen molar-refractivity contribution in [1.29, 1.82) is 0 Å². The van der Waals surface area contributed by atoms with Gasteiger partial charge in [0.25, 0.3) is 0 Å². The third-order valence-electron chi connectivity index (χ3n) is 19.8. The number of benzene rings is 7. The number of rotatable bonds is 3. The second kappa shape index (κ2) is 15.0. The maximum atomic E-state index is 7.46. The molecule has 0 atom stereocenters. The molecular formula is C71H75BN2O2. The van der Waals surface area contributed by atoms with Crippen LogP contribution in [0.1, 0.15) is 181 Å². The van der Waals surface area contributed by atoms with E-state index in [1.807, 2.05) is 0 Å². The van der Waals surface area contributed by atoms with Crippen LogP contribution in [0.25, 0.3) is 82.7 Å². The Hall–Kier alpha value is -6.46. The molecular weight excluding hydrogens is 924 g/mol. The lowest BCUT2D eigenvalue weighted by atomic mass is 9.61. The molecule has 0 spiro atoms. The average Bonchev–Trinajstić information content (AvgIpc) is 4.29. The minimum atomic E-state index is -0.236. The Kier molecular flexibility index (Phi) is 9.44. The van der Waals surface area contributed by atoms with Crippen LogP contribution < -0.4 is 16.4 Å². The van der Waals surface area contributed by atoms with Gasteiger partial charge in [-0.3, -0.25) is 0 Å². The second-order valence-corrected chi connectivity index (χ2v) is 29.1. The summed E-state index contributed by atoms with van der Waals surface area (Å²) >= 11 is 0. The van der Waals surface area contributed by atoms with Gasteiger partial charge in [-0.1, -0.05) is 153 Å². The Morgan fingerprint density at radius 2 is 1.07 bits per heavy atom. The highest BCUT2D eigenvalue weighted by atomic mass is 16.3. The summed E-state index contributed by atoms with van der Waals surface area (Å²) < 4.78 is 17.4. The third-order valence-corrected chi connectivity index (χ3v) is 19.8. The highest BCUT2D eigenvalue weighted by Crippen LogP contribution is 2.58. The second-order valence-electron chi connectivity index (χ2n) is 29.1. The zero-order chi connectivity index (χ0) is 53.3. The van der Waals surface area contributed by atoms with Crippen LogP contribution in [0, 0.1) is 0 Å². The zero-order valence-corrected chi connectivity index (χ0v) is 48.1. The molecule has 0 saturated carbocycles. The van der Waals surface area contributed by atoms with E-state index in [1.165, 1.54) is 123 Å². The lowest BCUT2D eigenvalue weighted by Gasteiger charge is -2.42. The van der Waals surface area contributed by atoms with E-state index in [0.717, 1.165) is 52.0 Å². The Bertz CT molecular complexity index is 4200. The van der Waals surface area contributed by atoms with Gasteiger partial charge in [0, 0.05) is 43.9 Å². The largest absolute Gasteiger partial charge is 0.469 e. The number of furan rings is 2. The molecule has 0 radical (unpaired) electrons. The zero-order valence-electron chi connectivity index (χ0n) is 48.1. The van der Waals surface area contributed by atoms with Crippen LogP contribution in [0.3, 0.4) is 0 Å². The van der Waals surface area contributed by atoms with E-state index in [9.17, 15) is 0 Å². The first-order valence-electron chi connectivity index (χ1n) is 28.5. The first kappa shape index (κ1) is 48.0. The Morgan fingerprint density at radius 3 is 1.72 bits per heavy atom. The molecule has 0 bridgehead atoms. The van der Waals surface area contributed by atoms with Gasteiger partial charge in [-0.25, -0.2) is 0 Å². The quantitative estimate of drug-likeness (QED) is 0.179. The van der Waals surface area contributed by atoms with Crippen LogP contribution in [0.4, 0.5) is 11.4 Å². The molecule has 384 valence electrons. The highest BCUT2D eigenvalue weighted by molar-refractivity contribution is 6.74. The molecule has 14 rings (SSSR count). The monoisotopic (exact) mass is 999 g/mol. The Morgan fingerprint density at radius 1 is 0.500 bits per heavy atom. The predicted molar refractivity (Wildman–Crippen MR) is 325 cm³/mol. The fourth-order valence-electron chi connectivity index (χ4n) is 14.8. The van der Waals surface area contributed by atoms with E-state index in [2.05, 4.69) is 224 Å². The van der Waals surface area contributed by atoms with Crippen LogP contribution >= 0.6 is 0 Å². The maximum Gasteiger partial charge on any atom is 0.244 e. The number of hydrogen-bond acceptors (Lipinski definition) is 3. The van der Waals surface area contributed by atoms with Crippen molar-refractivity contribution in [2.75, 3.05) is 5.32 Å². The molecule has 10 aromatic rings. The van der Waals surface area contributed by atoms with Gasteiger partial charge < -0.3 is 18.7 Å². The average molecular weight is 999 g/mol. The first-order valence-corrected chi connectivity index (χ1v) is 28.5. The van der Waals surface area contributed by atoms with Crippen molar-refractivity contribution in [1.82, 2.24) is 4.57 Å². The summed E-state index contributed by atoms with van der Waals surface area (Å²) in [5.74, 6) is 0. The molecule has 0 fully saturated rings. The predicted octanol–water partition coefficient (Wildman–Crippen LogP) is 18.1. The fraction of sp³-hybridized carbons (Fsp3) is 0.380. The van der Waals surface area contributed by atoms with E-state index < -0.39 is 0 Å². The molecule has 4 nitrogen and oxygen atoms in total. The number of nitrogens with zero attached hydrogens (tertiary/aromatic N) is 1. The van der Waals surface area contributed by atoms with E-state index in [1.54, 1.807) is 0 Å². The molecule has 1 aliphatic heterocycles. The number of anilines is 2. The van der Waals surface area contributed by atoms with Crippen molar-refractivity contribution >= 4 is 84.5 Å². The molecule has 0 saturated heterocycles. The highest BCUT2D eigenvalue weighted by Gasteiger charge is 2.45. The van der Waals surface area contributed by atoms with Gasteiger partial charge in [0.2, 0.25) is 7.28 Å². The van der Waals surface area contributed by atoms with Crippen molar-refractivity contribution in [2.45, 2.75) is 174 Å². The van der Waals surface area contributed by atoms with Crippen molar-refractivity contribution < 1.29 is 8.83 Å². The fourth-order valence-corrected chi connectivity index (χ4v) is 14.8. The summed E-state index contributed by atoms with van der Waals surface area (Å²) in [6.45, 7) is 38.4. The number of aromatic nitrogens is 1. The van der Waals surface area contributed by atoms with Gasteiger partial charge in [0.1, 0.15) is 16.7 Å². The summed E-state index contributed by atoms with van der Waals surface area (Å²) in [5, 5.41) is 10.1. The molecule has 0 unspecified atom stereocenters. The van der Waals surface area contributed by atoms with Gasteiger partial charge in [-0.05, 0) is 185 Å². The Balaban J connectivity index is 1.16. The number of hydrogen-bond donors (Lipinski definition) is 1. The van der Waals surface area contributed by atoms with E-state index in [4.69, 9.17) is 8.83 Å². The van der Waals surface area contributed by atoms with Crippen LogP contribution in [0.5, 0.6) is 0 Å². The van der Waals surface area contributed by atoms with Crippen LogP contribution in [-0.4, -0.2) is 11.8 Å². The number of para-hydroxylation sites is 1. The molecule has 7 aromatic carbocycles. The van der Waals surface area contributed by atoms with Gasteiger partial charge in [0.15, 0.2) is 0 Å². The topological polar surface area (TPSA) is 43.2 Å². The SMILES string of the molecule is CC(C)(C)c1ccc(Nc2cc3c(cc2-c2c4c5c(c6cc7c(cc6n5-c5c(oc6ccc(C(C)(C)C)cc56)B4)C(C)(C)CCC7(C)C)c4oc5ccccc5c24)-c2cc4c(cc2C3(C)C)C(C)(C)CCC4(C)C)cc1. The molecule has 1 N–H and O–H groups in total. The molecule has 4 aliphatic rings. The summed E-state index contributed by atoms with van der Waals surface area (Å²) in [6.07, 6.45) is 4.64. The molecule has 3 aromatic heterocycles. The van der Waals surface area contributed by atoms with Gasteiger partial charge in [0.05, 0.1) is 27.8 Å². The summed E-state index contributed by atoms with van der Waals surface area (Å²) in [7, 11) is 0.638. The number of fused-ring (bicyclic) bond motifs is 16. The lowest BCUT2D eigenvalue weighted by molar-refractivity contribution is 0.331. The summed E-state index contributed by atoms with van der Waals surface area (Å²) in [5.41, 5.74) is 27.3. The maximum absolute atomic E-state index is 7.46. The van der Waals surface area contributed by atoms with Crippen molar-refractivity contribution in [2.24, 2.45) is 0 Å². The van der Waals surface area contributed by atoms with Crippen molar-refractivity contribution in [3.05, 3.63) is 148 Å². The van der Waals surface area contributed by atoms with Crippen molar-refractivity contribution in [3.63, 3.8) is 0 Å². The molecule has 76 heavy (non-hydrogen) atoms. The molecule has 4 heterocycles. The van der Waals surface area contributed by atoms with Gasteiger partial charge >= 0.3 is 0 Å². The van der Waals surface area contributed by atoms with E-state index in [-0.39, 0.29) is 37.9 Å². The van der Waals surface area contributed by atoms with Gasteiger partial charge in [-0.15, -0.1) is 0 Å². The third kappa shape index (κ3) is 6.56. The van der Waals surface area contributed by atoms with Crippen LogP contribution in [0.15, 0.2) is 112 Å². The Labute approximate surface area is 450 Å². The smallest absolute Gasteiger partial charge is 0.244 e. The van der Waals surface area contributed by atoms with Gasteiger partial charge in [-0.2, -0.15) is 0 Å². The molecule has 5 heteroatoms.